The Labute approximate surface area is 125 Å². The van der Waals surface area contributed by atoms with E-state index in [1.54, 1.807) is 0 Å². The summed E-state index contributed by atoms with van der Waals surface area (Å²) in [6, 6.07) is 12.8. The van der Waals surface area contributed by atoms with Crippen LogP contribution in [0.25, 0.3) is 0 Å². The minimum atomic E-state index is 0.0680. The van der Waals surface area contributed by atoms with Crippen LogP contribution < -0.4 is 5.32 Å². The molecule has 3 rings (SSSR count). The number of likely N-dealkylation sites (N-methyl/N-ethyl adjacent to an activating group) is 1. The summed E-state index contributed by atoms with van der Waals surface area (Å²) in [7, 11) is 2.12. The van der Waals surface area contributed by atoms with Gasteiger partial charge in [0.1, 0.15) is 6.54 Å². The second-order valence-electron chi connectivity index (χ2n) is 5.70. The quantitative estimate of drug-likeness (QED) is 0.926. The summed E-state index contributed by atoms with van der Waals surface area (Å²) >= 11 is 0. The molecule has 1 aromatic carbocycles. The number of nitrogens with one attached hydrogen (secondary N) is 1. The smallest absolute Gasteiger partial charge is 0.239 e. The van der Waals surface area contributed by atoms with Crippen LogP contribution in [0.4, 0.5) is 0 Å². The Hall–Kier alpha value is -2.07. The summed E-state index contributed by atoms with van der Waals surface area (Å²) < 4.78 is 1.88. The molecule has 21 heavy (non-hydrogen) atoms. The third kappa shape index (κ3) is 3.34. The maximum absolute atomic E-state index is 12.0. The molecule has 0 radical (unpaired) electrons. The predicted molar refractivity (Wildman–Crippen MR) is 82.8 cm³/mol. The molecular weight excluding hydrogens is 262 g/mol. The normalized spacial score (nSPS) is 18.2. The molecular formula is C17H21N3O. The number of hydrogen-bond acceptors (Lipinski definition) is 2. The first kappa shape index (κ1) is 13.9. The lowest BCUT2D eigenvalue weighted by Gasteiger charge is -2.34. The Kier molecular flexibility index (Phi) is 4.06. The summed E-state index contributed by atoms with van der Waals surface area (Å²) in [5.41, 5.74) is 2.80. The van der Waals surface area contributed by atoms with Crippen LogP contribution in [0.15, 0.2) is 48.8 Å². The van der Waals surface area contributed by atoms with Gasteiger partial charge in [-0.3, -0.25) is 9.69 Å². The van der Waals surface area contributed by atoms with Gasteiger partial charge in [0, 0.05) is 31.5 Å². The Balaban J connectivity index is 1.55. The van der Waals surface area contributed by atoms with E-state index in [-0.39, 0.29) is 5.91 Å². The highest BCUT2D eigenvalue weighted by molar-refractivity contribution is 5.75. The van der Waals surface area contributed by atoms with E-state index >= 15 is 0 Å². The molecule has 0 bridgehead atoms. The monoisotopic (exact) mass is 283 g/mol. The lowest BCUT2D eigenvalue weighted by molar-refractivity contribution is -0.121. The SMILES string of the molecule is CN1Cc2ccccc2C[C@H]1CNC(=O)Cn1cccc1. The van der Waals surface area contributed by atoms with E-state index in [1.807, 2.05) is 29.1 Å². The molecule has 0 aliphatic carbocycles. The van der Waals surface area contributed by atoms with Crippen molar-refractivity contribution < 1.29 is 4.79 Å². The fraction of sp³-hybridized carbons (Fsp3) is 0.353. The maximum Gasteiger partial charge on any atom is 0.239 e. The van der Waals surface area contributed by atoms with Gasteiger partial charge in [-0.15, -0.1) is 0 Å². The van der Waals surface area contributed by atoms with Crippen molar-refractivity contribution in [1.29, 1.82) is 0 Å². The van der Waals surface area contributed by atoms with E-state index < -0.39 is 0 Å². The van der Waals surface area contributed by atoms with Crippen molar-refractivity contribution >= 4 is 5.91 Å². The summed E-state index contributed by atoms with van der Waals surface area (Å²) in [6.45, 7) is 2.04. The zero-order valence-corrected chi connectivity index (χ0v) is 12.3. The molecule has 1 N–H and O–H groups in total. The van der Waals surface area contributed by atoms with Crippen LogP contribution in [0.2, 0.25) is 0 Å². The third-order valence-electron chi connectivity index (χ3n) is 4.14. The standard InChI is InChI=1S/C17H21N3O/c1-19-12-15-7-3-2-6-14(15)10-16(19)11-18-17(21)13-20-8-4-5-9-20/h2-9,16H,10-13H2,1H3,(H,18,21)/t16-/m0/s1. The van der Waals surface area contributed by atoms with Gasteiger partial charge in [0.15, 0.2) is 0 Å². The molecule has 0 fully saturated rings. The fourth-order valence-corrected chi connectivity index (χ4v) is 2.88. The highest BCUT2D eigenvalue weighted by atomic mass is 16.1. The van der Waals surface area contributed by atoms with Crippen molar-refractivity contribution in [2.75, 3.05) is 13.6 Å². The van der Waals surface area contributed by atoms with Gasteiger partial charge < -0.3 is 9.88 Å². The van der Waals surface area contributed by atoms with Crippen molar-refractivity contribution in [2.45, 2.75) is 25.6 Å². The van der Waals surface area contributed by atoms with Crippen molar-refractivity contribution in [2.24, 2.45) is 0 Å². The molecule has 1 atom stereocenters. The minimum Gasteiger partial charge on any atom is -0.353 e. The van der Waals surface area contributed by atoms with E-state index in [2.05, 4.69) is 41.5 Å². The first-order valence-electron chi connectivity index (χ1n) is 7.37. The topological polar surface area (TPSA) is 37.3 Å². The summed E-state index contributed by atoms with van der Waals surface area (Å²) in [5, 5.41) is 3.05. The number of aromatic nitrogens is 1. The van der Waals surface area contributed by atoms with Gasteiger partial charge in [-0.25, -0.2) is 0 Å². The molecule has 2 aromatic rings. The number of hydrogen-bond donors (Lipinski definition) is 1. The number of carbonyl (C=O) groups excluding carboxylic acids is 1. The molecule has 0 unspecified atom stereocenters. The van der Waals surface area contributed by atoms with Gasteiger partial charge in [0.2, 0.25) is 5.91 Å². The molecule has 4 nitrogen and oxygen atoms in total. The van der Waals surface area contributed by atoms with Crippen LogP contribution in [0.1, 0.15) is 11.1 Å². The lowest BCUT2D eigenvalue weighted by Crippen LogP contribution is -2.46. The van der Waals surface area contributed by atoms with E-state index in [1.165, 1.54) is 11.1 Å². The van der Waals surface area contributed by atoms with E-state index in [0.29, 0.717) is 19.1 Å². The number of rotatable bonds is 4. The average molecular weight is 283 g/mol. The third-order valence-corrected chi connectivity index (χ3v) is 4.14. The summed E-state index contributed by atoms with van der Waals surface area (Å²) in [6.07, 6.45) is 4.81. The largest absolute Gasteiger partial charge is 0.353 e. The van der Waals surface area contributed by atoms with Gasteiger partial charge in [-0.05, 0) is 36.7 Å². The fourth-order valence-electron chi connectivity index (χ4n) is 2.88. The number of fused-ring (bicyclic) bond motifs is 1. The molecule has 2 heterocycles. The average Bonchev–Trinajstić information content (AvgIpc) is 2.98. The predicted octanol–water partition coefficient (Wildman–Crippen LogP) is 1.66. The number of benzene rings is 1. The maximum atomic E-state index is 12.0. The van der Waals surface area contributed by atoms with Crippen LogP contribution in [0, 0.1) is 0 Å². The summed E-state index contributed by atoms with van der Waals surface area (Å²) in [4.78, 5) is 14.3. The Bertz CT molecular complexity index is 606. The van der Waals surface area contributed by atoms with Crippen LogP contribution >= 0.6 is 0 Å². The van der Waals surface area contributed by atoms with Crippen LogP contribution in [0.3, 0.4) is 0 Å². The minimum absolute atomic E-state index is 0.0680. The van der Waals surface area contributed by atoms with E-state index in [9.17, 15) is 4.79 Å². The van der Waals surface area contributed by atoms with Gasteiger partial charge in [0.05, 0.1) is 0 Å². The molecule has 1 aliphatic rings. The van der Waals surface area contributed by atoms with Crippen LogP contribution in [-0.2, 0) is 24.3 Å². The zero-order chi connectivity index (χ0) is 14.7. The molecule has 1 aromatic heterocycles. The number of nitrogens with zero attached hydrogens (tertiary/aromatic N) is 2. The Morgan fingerprint density at radius 3 is 2.67 bits per heavy atom. The molecule has 4 heteroatoms. The van der Waals surface area contributed by atoms with Crippen LogP contribution in [-0.4, -0.2) is 35.0 Å². The van der Waals surface area contributed by atoms with E-state index in [0.717, 1.165) is 13.0 Å². The molecule has 1 amide bonds. The van der Waals surface area contributed by atoms with Gasteiger partial charge in [0.25, 0.3) is 0 Å². The molecule has 0 spiro atoms. The second-order valence-corrected chi connectivity index (χ2v) is 5.70. The van der Waals surface area contributed by atoms with Crippen molar-refractivity contribution in [3.63, 3.8) is 0 Å². The van der Waals surface area contributed by atoms with Crippen molar-refractivity contribution in [1.82, 2.24) is 14.8 Å². The van der Waals surface area contributed by atoms with Gasteiger partial charge in [-0.2, -0.15) is 0 Å². The first-order chi connectivity index (χ1) is 10.2. The van der Waals surface area contributed by atoms with Gasteiger partial charge >= 0.3 is 0 Å². The lowest BCUT2D eigenvalue weighted by atomic mass is 9.94. The summed E-state index contributed by atoms with van der Waals surface area (Å²) in [5.74, 6) is 0.0680. The number of amides is 1. The Morgan fingerprint density at radius 1 is 1.19 bits per heavy atom. The van der Waals surface area contributed by atoms with Gasteiger partial charge in [-0.1, -0.05) is 24.3 Å². The highest BCUT2D eigenvalue weighted by Crippen LogP contribution is 2.21. The first-order valence-corrected chi connectivity index (χ1v) is 7.37. The van der Waals surface area contributed by atoms with E-state index in [4.69, 9.17) is 0 Å². The van der Waals surface area contributed by atoms with Crippen molar-refractivity contribution in [3.8, 4) is 0 Å². The molecule has 0 saturated carbocycles. The molecule has 110 valence electrons. The molecule has 1 aliphatic heterocycles. The zero-order valence-electron chi connectivity index (χ0n) is 12.3. The van der Waals surface area contributed by atoms with Crippen LogP contribution in [0.5, 0.6) is 0 Å². The molecule has 0 saturated heterocycles. The highest BCUT2D eigenvalue weighted by Gasteiger charge is 2.23. The second kappa shape index (κ2) is 6.14. The Morgan fingerprint density at radius 2 is 1.90 bits per heavy atom. The van der Waals surface area contributed by atoms with Crippen molar-refractivity contribution in [3.05, 3.63) is 59.9 Å². The number of carbonyl (C=O) groups is 1.